The first-order chi connectivity index (χ1) is 10.0. The number of phenols is 1. The quantitative estimate of drug-likeness (QED) is 0.550. The Balaban J connectivity index is 0.00000242. The van der Waals surface area contributed by atoms with Gasteiger partial charge in [0.2, 0.25) is 0 Å². The predicted molar refractivity (Wildman–Crippen MR) is 99.0 cm³/mol. The molecule has 2 N–H and O–H groups in total. The standard InChI is InChI=1S/C14H20BrN3O3.2ClH/c1-2-3-12(17-6-4-16-5-7-17)11-8-10(15)9-13(14(11)19)18(20)21;;/h8-9,12,16,19H,2-7H2,1H3;2*1H/t12-;;/m1../s1. The molecule has 0 bridgehead atoms. The molecule has 0 saturated carbocycles. The minimum absolute atomic E-state index is 0. The predicted octanol–water partition coefficient (Wildman–Crippen LogP) is 3.65. The molecule has 1 aromatic carbocycles. The van der Waals surface area contributed by atoms with E-state index in [0.29, 0.717) is 10.0 Å². The third kappa shape index (κ3) is 5.46. The third-order valence-electron chi connectivity index (χ3n) is 3.79. The maximum atomic E-state index is 11.1. The van der Waals surface area contributed by atoms with Crippen LogP contribution in [0.25, 0.3) is 0 Å². The molecule has 1 aliphatic heterocycles. The van der Waals surface area contributed by atoms with E-state index < -0.39 is 4.92 Å². The van der Waals surface area contributed by atoms with Gasteiger partial charge in [0.15, 0.2) is 5.75 Å². The van der Waals surface area contributed by atoms with Gasteiger partial charge in [-0.15, -0.1) is 24.8 Å². The fraction of sp³-hybridized carbons (Fsp3) is 0.571. The van der Waals surface area contributed by atoms with Crippen molar-refractivity contribution < 1.29 is 10.0 Å². The SMILES string of the molecule is CCC[C@H](c1cc(Br)cc([N+](=O)[O-])c1O)N1CCNCC1.Cl.Cl. The molecule has 132 valence electrons. The molecule has 9 heteroatoms. The van der Waals surface area contributed by atoms with Gasteiger partial charge in [0.05, 0.1) is 4.92 Å². The summed E-state index contributed by atoms with van der Waals surface area (Å²) in [4.78, 5) is 12.8. The Morgan fingerprint density at radius 1 is 1.39 bits per heavy atom. The first kappa shape index (κ1) is 22.4. The highest BCUT2D eigenvalue weighted by molar-refractivity contribution is 9.10. The van der Waals surface area contributed by atoms with E-state index >= 15 is 0 Å². The van der Waals surface area contributed by atoms with E-state index in [1.165, 1.54) is 6.07 Å². The summed E-state index contributed by atoms with van der Waals surface area (Å²) in [5.41, 5.74) is 0.399. The highest BCUT2D eigenvalue weighted by Crippen LogP contribution is 2.40. The smallest absolute Gasteiger partial charge is 0.312 e. The number of nitro groups is 1. The molecule has 0 unspecified atom stereocenters. The van der Waals surface area contributed by atoms with Crippen molar-refractivity contribution in [3.63, 3.8) is 0 Å². The molecule has 23 heavy (non-hydrogen) atoms. The van der Waals surface area contributed by atoms with E-state index in [4.69, 9.17) is 0 Å². The monoisotopic (exact) mass is 429 g/mol. The fourth-order valence-corrected chi connectivity index (χ4v) is 3.26. The molecule has 1 atom stereocenters. The normalized spacial score (nSPS) is 16.1. The minimum Gasteiger partial charge on any atom is -0.502 e. The van der Waals surface area contributed by atoms with Crippen LogP contribution in [-0.2, 0) is 0 Å². The molecule has 0 amide bonds. The third-order valence-corrected chi connectivity index (χ3v) is 4.25. The van der Waals surface area contributed by atoms with Crippen LogP contribution in [-0.4, -0.2) is 41.1 Å². The van der Waals surface area contributed by atoms with Gasteiger partial charge in [-0.05, 0) is 12.5 Å². The Morgan fingerprint density at radius 3 is 2.52 bits per heavy atom. The molecule has 6 nitrogen and oxygen atoms in total. The van der Waals surface area contributed by atoms with Crippen molar-refractivity contribution in [3.05, 3.63) is 32.3 Å². The van der Waals surface area contributed by atoms with Crippen LogP contribution >= 0.6 is 40.7 Å². The highest BCUT2D eigenvalue weighted by atomic mass is 79.9. The zero-order valence-electron chi connectivity index (χ0n) is 12.8. The zero-order valence-corrected chi connectivity index (χ0v) is 16.0. The van der Waals surface area contributed by atoms with Gasteiger partial charge in [0.1, 0.15) is 0 Å². The molecule has 1 aliphatic rings. The second-order valence-electron chi connectivity index (χ2n) is 5.21. The lowest BCUT2D eigenvalue weighted by Crippen LogP contribution is -2.45. The second kappa shape index (κ2) is 10.3. The van der Waals surface area contributed by atoms with Crippen molar-refractivity contribution in [2.75, 3.05) is 26.2 Å². The first-order valence-electron chi connectivity index (χ1n) is 7.16. The number of halogens is 3. The number of piperazine rings is 1. The van der Waals surface area contributed by atoms with Crippen molar-refractivity contribution >= 4 is 46.4 Å². The Labute approximate surface area is 156 Å². The summed E-state index contributed by atoms with van der Waals surface area (Å²) in [6.45, 7) is 5.64. The van der Waals surface area contributed by atoms with Crippen LogP contribution in [0.4, 0.5) is 5.69 Å². The number of nitro benzene ring substituents is 1. The molecule has 1 aromatic rings. The van der Waals surface area contributed by atoms with Crippen molar-refractivity contribution in [3.8, 4) is 5.75 Å². The molecule has 0 spiro atoms. The van der Waals surface area contributed by atoms with Gasteiger partial charge < -0.3 is 10.4 Å². The average Bonchev–Trinajstić information content (AvgIpc) is 2.47. The van der Waals surface area contributed by atoms with E-state index in [1.54, 1.807) is 6.07 Å². The summed E-state index contributed by atoms with van der Waals surface area (Å²) in [5.74, 6) is -0.208. The Bertz CT molecular complexity index is 528. The lowest BCUT2D eigenvalue weighted by atomic mass is 9.98. The number of aromatic hydroxyl groups is 1. The van der Waals surface area contributed by atoms with Crippen LogP contribution < -0.4 is 5.32 Å². The molecular formula is C14H22BrCl2N3O3. The van der Waals surface area contributed by atoms with Gasteiger partial charge in [-0.1, -0.05) is 29.3 Å². The molecule has 0 aromatic heterocycles. The number of phenolic OH excluding ortho intramolecular Hbond substituents is 1. The first-order valence-corrected chi connectivity index (χ1v) is 7.95. The van der Waals surface area contributed by atoms with E-state index in [0.717, 1.165) is 39.0 Å². The Hall–Kier alpha value is -0.600. The summed E-state index contributed by atoms with van der Waals surface area (Å²) in [7, 11) is 0. The summed E-state index contributed by atoms with van der Waals surface area (Å²) in [5, 5.41) is 24.7. The van der Waals surface area contributed by atoms with Gasteiger partial charge in [0.25, 0.3) is 0 Å². The topological polar surface area (TPSA) is 78.6 Å². The fourth-order valence-electron chi connectivity index (χ4n) is 2.80. The van der Waals surface area contributed by atoms with Crippen molar-refractivity contribution in [2.45, 2.75) is 25.8 Å². The van der Waals surface area contributed by atoms with Gasteiger partial charge in [-0.2, -0.15) is 0 Å². The maximum absolute atomic E-state index is 11.1. The number of rotatable bonds is 5. The largest absolute Gasteiger partial charge is 0.502 e. The van der Waals surface area contributed by atoms with Crippen LogP contribution in [0.5, 0.6) is 5.75 Å². The zero-order chi connectivity index (χ0) is 15.4. The molecule has 1 saturated heterocycles. The average molecular weight is 431 g/mol. The van der Waals surface area contributed by atoms with Crippen molar-refractivity contribution in [1.29, 1.82) is 0 Å². The van der Waals surface area contributed by atoms with Crippen molar-refractivity contribution in [1.82, 2.24) is 10.2 Å². The lowest BCUT2D eigenvalue weighted by molar-refractivity contribution is -0.386. The number of hydrogen-bond acceptors (Lipinski definition) is 5. The van der Waals surface area contributed by atoms with E-state index in [1.807, 2.05) is 0 Å². The van der Waals surface area contributed by atoms with Gasteiger partial charge >= 0.3 is 5.69 Å². The molecular weight excluding hydrogens is 409 g/mol. The summed E-state index contributed by atoms with van der Waals surface area (Å²) >= 11 is 3.31. The van der Waals surface area contributed by atoms with Crippen LogP contribution in [0.1, 0.15) is 31.4 Å². The number of nitrogens with one attached hydrogen (secondary N) is 1. The van der Waals surface area contributed by atoms with E-state index in [-0.39, 0.29) is 42.3 Å². The van der Waals surface area contributed by atoms with E-state index in [9.17, 15) is 15.2 Å². The summed E-state index contributed by atoms with van der Waals surface area (Å²) in [6.07, 6.45) is 1.81. The van der Waals surface area contributed by atoms with Crippen LogP contribution in [0.15, 0.2) is 16.6 Å². The molecule has 1 fully saturated rings. The molecule has 0 aliphatic carbocycles. The van der Waals surface area contributed by atoms with E-state index in [2.05, 4.69) is 33.1 Å². The molecule has 2 rings (SSSR count). The summed E-state index contributed by atoms with van der Waals surface area (Å²) < 4.78 is 0.623. The Kier molecular flexibility index (Phi) is 10.0. The number of nitrogens with zero attached hydrogens (tertiary/aromatic N) is 2. The maximum Gasteiger partial charge on any atom is 0.312 e. The second-order valence-corrected chi connectivity index (χ2v) is 6.13. The lowest BCUT2D eigenvalue weighted by Gasteiger charge is -2.35. The van der Waals surface area contributed by atoms with Crippen LogP contribution in [0.2, 0.25) is 0 Å². The Morgan fingerprint density at radius 2 is 2.00 bits per heavy atom. The molecule has 1 heterocycles. The molecule has 0 radical (unpaired) electrons. The van der Waals surface area contributed by atoms with Crippen LogP contribution in [0.3, 0.4) is 0 Å². The van der Waals surface area contributed by atoms with Gasteiger partial charge in [0, 0.05) is 48.3 Å². The number of benzene rings is 1. The van der Waals surface area contributed by atoms with Gasteiger partial charge in [-0.25, -0.2) is 0 Å². The van der Waals surface area contributed by atoms with Crippen molar-refractivity contribution in [2.24, 2.45) is 0 Å². The van der Waals surface area contributed by atoms with Gasteiger partial charge in [-0.3, -0.25) is 15.0 Å². The highest BCUT2D eigenvalue weighted by Gasteiger charge is 2.28. The number of hydrogen-bond donors (Lipinski definition) is 2. The summed E-state index contributed by atoms with van der Waals surface area (Å²) in [6, 6.07) is 3.15. The van der Waals surface area contributed by atoms with Crippen LogP contribution in [0, 0.1) is 10.1 Å². The minimum atomic E-state index is -0.537.